The molecule has 4 unspecified atom stereocenters. The number of hydrogen-bond acceptors (Lipinski definition) is 10. The van der Waals surface area contributed by atoms with Gasteiger partial charge in [0.1, 0.15) is 17.9 Å². The number of carboxylic acid groups (broad SMARTS) is 1. The number of sulfone groups is 1. The van der Waals surface area contributed by atoms with Gasteiger partial charge in [0.15, 0.2) is 15.6 Å². The molecule has 1 aliphatic carbocycles. The van der Waals surface area contributed by atoms with Gasteiger partial charge in [-0.05, 0) is 78.5 Å². The number of benzene rings is 2. The first-order valence-corrected chi connectivity index (χ1v) is 25.6. The Labute approximate surface area is 400 Å². The minimum Gasteiger partial charge on any atom is -0.465 e. The monoisotopic (exact) mass is 1220 g/mol. The maximum atomic E-state index is 13.8. The molecule has 69 heavy (non-hydrogen) atoms. The van der Waals surface area contributed by atoms with Crippen LogP contribution in [-0.2, 0) is 35.3 Å². The second-order valence-corrected chi connectivity index (χ2v) is 22.5. The third-order valence-corrected chi connectivity index (χ3v) is 15.8. The number of nitrogens with zero attached hydrogens (tertiary/aromatic N) is 5. The molecule has 17 nitrogen and oxygen atoms in total. The number of likely N-dealkylation sites (tertiary alicyclic amines) is 4. The van der Waals surface area contributed by atoms with E-state index in [1.165, 1.54) is 33.6 Å². The largest absolute Gasteiger partial charge is 0.465 e. The molecule has 5 atom stereocenters. The van der Waals surface area contributed by atoms with Crippen molar-refractivity contribution < 1.29 is 47.0 Å². The number of urea groups is 1. The number of hydrogen-bond donors (Lipinski definition) is 3. The molecule has 382 valence electrons. The van der Waals surface area contributed by atoms with E-state index in [0.717, 1.165) is 24.3 Å². The van der Waals surface area contributed by atoms with Crippen LogP contribution in [0.3, 0.4) is 0 Å². The van der Waals surface area contributed by atoms with Crippen molar-refractivity contribution in [3.8, 4) is 0 Å². The molecule has 5 aliphatic rings. The Morgan fingerprint density at radius 2 is 1.49 bits per heavy atom. The second-order valence-electron chi connectivity index (χ2n) is 20.3. The number of hydrazone groups is 1. The van der Waals surface area contributed by atoms with E-state index in [1.807, 2.05) is 44.2 Å². The SMILES string of the molecule is C=CCOC(=O)N1C/C(=N\NC(=O)NCC2CCC(C)CC2)C2C1CCN2C(=O)O.CC(C)C[C@@H](C(=O)N1CCC2C1C(=O)CN2C(=O)c1ccccc1)S(=O)(=O)Cc1ccc(C(C)(C)C)cc1.[Fm]. The van der Waals surface area contributed by atoms with Crippen LogP contribution in [0.2, 0.25) is 0 Å². The van der Waals surface area contributed by atoms with Gasteiger partial charge in [-0.2, -0.15) is 5.10 Å². The van der Waals surface area contributed by atoms with Crippen LogP contribution in [0.5, 0.6) is 0 Å². The third-order valence-electron chi connectivity index (χ3n) is 13.8. The Balaban J connectivity index is 0.000000261. The molecule has 7 rings (SSSR count). The number of ether oxygens (including phenoxy) is 1. The van der Waals surface area contributed by atoms with Crippen LogP contribution >= 0.6 is 0 Å². The van der Waals surface area contributed by atoms with Crippen molar-refractivity contribution in [3.05, 3.63) is 83.9 Å². The normalized spacial score (nSPS) is 24.2. The third kappa shape index (κ3) is 12.7. The Morgan fingerprint density at radius 1 is 0.870 bits per heavy atom. The van der Waals surface area contributed by atoms with E-state index in [2.05, 4.69) is 50.1 Å². The fourth-order valence-corrected chi connectivity index (χ4v) is 12.1. The van der Waals surface area contributed by atoms with Gasteiger partial charge in [-0.25, -0.2) is 28.2 Å². The number of carbonyl (C=O) groups excluding carboxylic acids is 5. The number of nitrogens with one attached hydrogen (secondary N) is 2. The Bertz CT molecular complexity index is 2320. The van der Waals surface area contributed by atoms with Crippen molar-refractivity contribution in [2.75, 3.05) is 39.3 Å². The number of rotatable bonds is 12. The minimum atomic E-state index is -3.86. The number of carbonyl (C=O) groups is 6. The van der Waals surface area contributed by atoms with E-state index < -0.39 is 57.3 Å². The van der Waals surface area contributed by atoms with Gasteiger partial charge in [0, 0.05) is 25.2 Å². The maximum absolute atomic E-state index is 13.8. The van der Waals surface area contributed by atoms with Gasteiger partial charge < -0.3 is 25.0 Å². The number of ketones is 1. The first kappa shape index (κ1) is 53.2. The minimum absolute atomic E-state index is 0. The molecule has 4 heterocycles. The molecule has 5 fully saturated rings. The molecule has 19 heteroatoms. The predicted molar refractivity (Wildman–Crippen MR) is 258 cm³/mol. The molecule has 3 N–H and O–H groups in total. The van der Waals surface area contributed by atoms with E-state index in [0.29, 0.717) is 48.7 Å². The van der Waals surface area contributed by atoms with Gasteiger partial charge in [0.05, 0.1) is 42.7 Å². The van der Waals surface area contributed by atoms with E-state index in [-0.39, 0.29) is 67.5 Å². The zero-order chi connectivity index (χ0) is 49.5. The van der Waals surface area contributed by atoms with Gasteiger partial charge in [-0.1, -0.05) is 110 Å². The van der Waals surface area contributed by atoms with Crippen molar-refractivity contribution in [2.45, 2.75) is 127 Å². The quantitative estimate of drug-likeness (QED) is 0.161. The van der Waals surface area contributed by atoms with E-state index in [9.17, 15) is 42.3 Å². The van der Waals surface area contributed by atoms with Crippen LogP contribution < -0.4 is 10.7 Å². The van der Waals surface area contributed by atoms with Gasteiger partial charge in [0.25, 0.3) is 5.91 Å². The molecule has 2 aromatic rings. The van der Waals surface area contributed by atoms with Crippen LogP contribution in [0.4, 0.5) is 14.4 Å². The van der Waals surface area contributed by atoms with Gasteiger partial charge in [-0.15, -0.1) is 0 Å². The Morgan fingerprint density at radius 3 is 2.09 bits per heavy atom. The molecule has 0 bridgehead atoms. The van der Waals surface area contributed by atoms with Crippen LogP contribution in [0.25, 0.3) is 0 Å². The first-order chi connectivity index (χ1) is 32.2. The topological polar surface area (TPSA) is 215 Å². The zero-order valence-electron chi connectivity index (χ0n) is 40.6. The number of Topliss-reactive ketones (excluding diaryl/α,β-unsaturated/α-hetero) is 1. The first-order valence-electron chi connectivity index (χ1n) is 23.8. The van der Waals surface area contributed by atoms with Crippen molar-refractivity contribution in [2.24, 2.45) is 22.9 Å². The van der Waals surface area contributed by atoms with Crippen LogP contribution in [-0.4, -0.2) is 143 Å². The summed E-state index contributed by atoms with van der Waals surface area (Å²) in [5.74, 6) is -0.0378. The van der Waals surface area contributed by atoms with Crippen LogP contribution in [0, 0.1) is 17.8 Å². The summed E-state index contributed by atoms with van der Waals surface area (Å²) < 4.78 is 32.4. The fourth-order valence-electron chi connectivity index (χ4n) is 10.1. The number of amides is 6. The van der Waals surface area contributed by atoms with Crippen molar-refractivity contribution in [1.29, 1.82) is 0 Å². The van der Waals surface area contributed by atoms with Crippen molar-refractivity contribution >= 4 is 51.4 Å². The molecular weight excluding hydrogens is 1150 g/mol. The standard InChI is InChI=1S/C30H38N2O5S.C20H31N5O5.Fm/c1-20(2)17-26(38(36,37)19-21-11-13-23(14-12-21)30(3,4)5)29(35)31-16-15-24-27(31)25(33)18-32(24)28(34)22-9-7-6-8-10-22;1-3-10-30-20(29)25-12-15(17-16(25)8-9-24(17)19(27)28)22-23-18(26)21-11-14-6-4-13(2)5-7-14;/h6-14,20,24,26-27H,15-19H2,1-5H3;3,13-14,16-17H,1,4-12H2,2H3,(H,27,28)(H2,21,23,26);/b;22-15+;/t24?,26-,27?;;/m0../s1. The molecule has 1 saturated carbocycles. The summed E-state index contributed by atoms with van der Waals surface area (Å²) in [4.78, 5) is 81.9. The maximum Gasteiger partial charge on any atom is 0.410 e. The molecule has 0 radical (unpaired) electrons. The second kappa shape index (κ2) is 22.6. The average Bonchev–Trinajstić information content (AvgIpc) is 4.09. The molecule has 0 aromatic heterocycles. The summed E-state index contributed by atoms with van der Waals surface area (Å²) in [6, 6.07) is 13.7. The van der Waals surface area contributed by atoms with Crippen LogP contribution in [0.1, 0.15) is 108 Å². The molecule has 4 saturated heterocycles. The number of fused-ring (bicyclic) bond motifs is 2. The van der Waals surface area contributed by atoms with E-state index in [1.54, 1.807) is 29.2 Å². The van der Waals surface area contributed by atoms with Crippen LogP contribution in [0.15, 0.2) is 72.4 Å². The van der Waals surface area contributed by atoms with Gasteiger partial charge in [0.2, 0.25) is 5.91 Å². The van der Waals surface area contributed by atoms with Gasteiger partial charge >= 0.3 is 18.2 Å². The molecule has 2 aromatic carbocycles. The molecular formula is C50H69FmN7O10S. The van der Waals surface area contributed by atoms with Gasteiger partial charge in [-0.3, -0.25) is 24.2 Å². The summed E-state index contributed by atoms with van der Waals surface area (Å²) in [6.07, 6.45) is 5.54. The molecule has 0 spiro atoms. The summed E-state index contributed by atoms with van der Waals surface area (Å²) in [5.41, 5.74) is 5.07. The molecule has 4 aliphatic heterocycles. The van der Waals surface area contributed by atoms with Crippen molar-refractivity contribution in [1.82, 2.24) is 30.3 Å². The smallest absolute Gasteiger partial charge is 0.410 e. The van der Waals surface area contributed by atoms with E-state index >= 15 is 0 Å². The average molecular weight is 1220 g/mol. The Kier molecular flexibility index (Phi) is 17.4. The van der Waals surface area contributed by atoms with Crippen molar-refractivity contribution in [3.63, 3.8) is 0 Å². The zero-order valence-corrected chi connectivity index (χ0v) is 43.8. The predicted octanol–water partition coefficient (Wildman–Crippen LogP) is 6.24. The summed E-state index contributed by atoms with van der Waals surface area (Å²) in [7, 11) is -3.86. The summed E-state index contributed by atoms with van der Waals surface area (Å²) in [6.45, 7) is 17.1. The molecule has 6 amide bonds. The Hall–Kier alpha value is -6.78. The van der Waals surface area contributed by atoms with E-state index in [4.69, 9.17) is 4.74 Å². The fraction of sp³-hybridized carbons (Fsp3) is 0.580. The summed E-state index contributed by atoms with van der Waals surface area (Å²) >= 11 is 0. The summed E-state index contributed by atoms with van der Waals surface area (Å²) in [5, 5.41) is 15.3.